The number of Topliss-reactive ketones (excluding diaryl/α,β-unsaturated/α-hetero) is 2. The van der Waals surface area contributed by atoms with Crippen LogP contribution in [0.15, 0.2) is 0 Å². The molecule has 0 aliphatic rings. The molecule has 17 heavy (non-hydrogen) atoms. The van der Waals surface area contributed by atoms with E-state index in [0.29, 0.717) is 12.8 Å². The molecule has 0 rings (SSSR count). The standard InChI is InChI=1S/C13H22O4/c1-3-6-10(7-5-8-13(16)17)9-12(15)11(14)4-2/h10H,3-9H2,1-2H3,(H,16,17)/t10-/m0/s1. The van der Waals surface area contributed by atoms with Gasteiger partial charge in [-0.05, 0) is 18.8 Å². The molecule has 4 heteroatoms. The van der Waals surface area contributed by atoms with E-state index in [2.05, 4.69) is 0 Å². The summed E-state index contributed by atoms with van der Waals surface area (Å²) in [5.41, 5.74) is 0. The molecule has 98 valence electrons. The third-order valence-electron chi connectivity index (χ3n) is 2.81. The minimum atomic E-state index is -0.809. The number of aliphatic carboxylic acids is 1. The van der Waals surface area contributed by atoms with Crippen LogP contribution in [0, 0.1) is 5.92 Å². The summed E-state index contributed by atoms with van der Waals surface area (Å²) in [6, 6.07) is 0. The molecule has 4 nitrogen and oxygen atoms in total. The predicted molar refractivity (Wildman–Crippen MR) is 64.8 cm³/mol. The summed E-state index contributed by atoms with van der Waals surface area (Å²) in [6.07, 6.45) is 3.78. The van der Waals surface area contributed by atoms with Gasteiger partial charge in [0, 0.05) is 19.3 Å². The largest absolute Gasteiger partial charge is 0.481 e. The van der Waals surface area contributed by atoms with Crippen LogP contribution >= 0.6 is 0 Å². The Balaban J connectivity index is 4.09. The molecule has 0 radical (unpaired) electrons. The molecule has 0 saturated carbocycles. The van der Waals surface area contributed by atoms with Gasteiger partial charge in [-0.25, -0.2) is 0 Å². The van der Waals surface area contributed by atoms with E-state index in [1.807, 2.05) is 6.92 Å². The molecular weight excluding hydrogens is 220 g/mol. The molecular formula is C13H22O4. The van der Waals surface area contributed by atoms with Crippen molar-refractivity contribution in [3.63, 3.8) is 0 Å². The summed E-state index contributed by atoms with van der Waals surface area (Å²) >= 11 is 0. The van der Waals surface area contributed by atoms with Crippen molar-refractivity contribution in [2.75, 3.05) is 0 Å². The SMILES string of the molecule is CCC[C@@H](CCCC(=O)O)CC(=O)C(=O)CC. The van der Waals surface area contributed by atoms with Crippen LogP contribution in [0.1, 0.15) is 58.8 Å². The van der Waals surface area contributed by atoms with Gasteiger partial charge < -0.3 is 5.11 Å². The van der Waals surface area contributed by atoms with E-state index >= 15 is 0 Å². The Morgan fingerprint density at radius 3 is 2.18 bits per heavy atom. The summed E-state index contributed by atoms with van der Waals surface area (Å²) in [5, 5.41) is 8.54. The lowest BCUT2D eigenvalue weighted by molar-refractivity contribution is -0.137. The van der Waals surface area contributed by atoms with Gasteiger partial charge in [0.2, 0.25) is 0 Å². The Morgan fingerprint density at radius 1 is 1.06 bits per heavy atom. The van der Waals surface area contributed by atoms with Gasteiger partial charge in [-0.3, -0.25) is 14.4 Å². The van der Waals surface area contributed by atoms with Crippen molar-refractivity contribution in [1.29, 1.82) is 0 Å². The first-order valence-corrected chi connectivity index (χ1v) is 6.29. The van der Waals surface area contributed by atoms with Gasteiger partial charge in [0.15, 0.2) is 11.6 Å². The second-order valence-electron chi connectivity index (χ2n) is 4.34. The highest BCUT2D eigenvalue weighted by Crippen LogP contribution is 2.19. The summed E-state index contributed by atoms with van der Waals surface area (Å²) < 4.78 is 0. The van der Waals surface area contributed by atoms with Crippen molar-refractivity contribution in [2.24, 2.45) is 5.92 Å². The molecule has 0 aromatic rings. The Morgan fingerprint density at radius 2 is 1.71 bits per heavy atom. The van der Waals surface area contributed by atoms with Gasteiger partial charge in [-0.15, -0.1) is 0 Å². The van der Waals surface area contributed by atoms with Crippen LogP contribution in [-0.2, 0) is 14.4 Å². The van der Waals surface area contributed by atoms with Gasteiger partial charge >= 0.3 is 5.97 Å². The molecule has 1 N–H and O–H groups in total. The zero-order chi connectivity index (χ0) is 13.3. The molecule has 0 heterocycles. The van der Waals surface area contributed by atoms with Crippen molar-refractivity contribution < 1.29 is 19.5 Å². The van der Waals surface area contributed by atoms with E-state index in [-0.39, 0.29) is 36.7 Å². The fourth-order valence-electron chi connectivity index (χ4n) is 1.87. The summed E-state index contributed by atoms with van der Waals surface area (Å²) in [4.78, 5) is 33.1. The monoisotopic (exact) mass is 242 g/mol. The normalized spacial score (nSPS) is 12.1. The first-order chi connectivity index (χ1) is 8.01. The quantitative estimate of drug-likeness (QED) is 0.598. The van der Waals surface area contributed by atoms with Gasteiger partial charge in [-0.2, -0.15) is 0 Å². The second-order valence-corrected chi connectivity index (χ2v) is 4.34. The van der Waals surface area contributed by atoms with Crippen molar-refractivity contribution in [2.45, 2.75) is 58.8 Å². The molecule has 0 spiro atoms. The number of carbonyl (C=O) groups is 3. The summed E-state index contributed by atoms with van der Waals surface area (Å²) in [7, 11) is 0. The number of rotatable bonds is 10. The zero-order valence-electron chi connectivity index (χ0n) is 10.7. The highest BCUT2D eigenvalue weighted by molar-refractivity contribution is 6.37. The highest BCUT2D eigenvalue weighted by atomic mass is 16.4. The van der Waals surface area contributed by atoms with Crippen LogP contribution in [-0.4, -0.2) is 22.6 Å². The third-order valence-corrected chi connectivity index (χ3v) is 2.81. The molecule has 0 fully saturated rings. The van der Waals surface area contributed by atoms with Gasteiger partial charge in [-0.1, -0.05) is 26.7 Å². The number of hydrogen-bond donors (Lipinski definition) is 1. The van der Waals surface area contributed by atoms with Crippen molar-refractivity contribution in [3.05, 3.63) is 0 Å². The molecule has 0 amide bonds. The maximum absolute atomic E-state index is 11.5. The van der Waals surface area contributed by atoms with E-state index in [0.717, 1.165) is 12.8 Å². The van der Waals surface area contributed by atoms with Gasteiger partial charge in [0.1, 0.15) is 0 Å². The fourth-order valence-corrected chi connectivity index (χ4v) is 1.87. The molecule has 0 aliphatic heterocycles. The molecule has 0 bridgehead atoms. The smallest absolute Gasteiger partial charge is 0.303 e. The van der Waals surface area contributed by atoms with E-state index in [4.69, 9.17) is 5.11 Å². The van der Waals surface area contributed by atoms with E-state index in [1.165, 1.54) is 0 Å². The average molecular weight is 242 g/mol. The summed E-state index contributed by atoms with van der Waals surface area (Å²) in [6.45, 7) is 3.70. The highest BCUT2D eigenvalue weighted by Gasteiger charge is 2.18. The second kappa shape index (κ2) is 8.90. The van der Waals surface area contributed by atoms with E-state index in [9.17, 15) is 14.4 Å². The maximum atomic E-state index is 11.5. The topological polar surface area (TPSA) is 71.4 Å². The van der Waals surface area contributed by atoms with Crippen LogP contribution < -0.4 is 0 Å². The average Bonchev–Trinajstić information content (AvgIpc) is 2.27. The maximum Gasteiger partial charge on any atom is 0.303 e. The van der Waals surface area contributed by atoms with Gasteiger partial charge in [0.25, 0.3) is 0 Å². The molecule has 0 unspecified atom stereocenters. The van der Waals surface area contributed by atoms with Crippen LogP contribution in [0.3, 0.4) is 0 Å². The number of hydrogen-bond acceptors (Lipinski definition) is 3. The molecule has 1 atom stereocenters. The lowest BCUT2D eigenvalue weighted by atomic mass is 9.90. The first kappa shape index (κ1) is 15.8. The number of carboxylic acids is 1. The minimum absolute atomic E-state index is 0.135. The third kappa shape index (κ3) is 7.66. The molecule has 0 saturated heterocycles. The van der Waals surface area contributed by atoms with E-state index in [1.54, 1.807) is 6.92 Å². The molecule has 0 aromatic heterocycles. The van der Waals surface area contributed by atoms with Crippen molar-refractivity contribution in [3.8, 4) is 0 Å². The Labute approximate surface area is 102 Å². The van der Waals surface area contributed by atoms with Crippen LogP contribution in [0.5, 0.6) is 0 Å². The first-order valence-electron chi connectivity index (χ1n) is 6.29. The van der Waals surface area contributed by atoms with Crippen LogP contribution in [0.25, 0.3) is 0 Å². The Bertz CT molecular complexity index is 271. The lowest BCUT2D eigenvalue weighted by Gasteiger charge is -2.13. The summed E-state index contributed by atoms with van der Waals surface area (Å²) in [5.74, 6) is -1.27. The molecule has 0 aromatic carbocycles. The number of carbonyl (C=O) groups excluding carboxylic acids is 2. The van der Waals surface area contributed by atoms with Crippen molar-refractivity contribution in [1.82, 2.24) is 0 Å². The van der Waals surface area contributed by atoms with Crippen LogP contribution in [0.4, 0.5) is 0 Å². The fraction of sp³-hybridized carbons (Fsp3) is 0.769. The van der Waals surface area contributed by atoms with Crippen molar-refractivity contribution >= 4 is 17.5 Å². The number of ketones is 2. The predicted octanol–water partition coefficient (Wildman–Crippen LogP) is 2.60. The van der Waals surface area contributed by atoms with E-state index < -0.39 is 5.97 Å². The molecule has 0 aliphatic carbocycles. The zero-order valence-corrected chi connectivity index (χ0v) is 10.7. The number of carboxylic acid groups (broad SMARTS) is 1. The van der Waals surface area contributed by atoms with Gasteiger partial charge in [0.05, 0.1) is 0 Å². The Hall–Kier alpha value is -1.19. The van der Waals surface area contributed by atoms with Crippen LogP contribution in [0.2, 0.25) is 0 Å². The Kier molecular flexibility index (Phi) is 8.28. The minimum Gasteiger partial charge on any atom is -0.481 e. The lowest BCUT2D eigenvalue weighted by Crippen LogP contribution is -2.17.